The minimum Gasteiger partial charge on any atom is -0.391 e. The van der Waals surface area contributed by atoms with E-state index in [1.54, 1.807) is 0 Å². The van der Waals surface area contributed by atoms with E-state index in [1.165, 1.54) is 0 Å². The maximum atomic E-state index is 12.3. The largest absolute Gasteiger partial charge is 0.391 e. The first-order valence-electron chi connectivity index (χ1n) is 8.21. The summed E-state index contributed by atoms with van der Waals surface area (Å²) in [6.45, 7) is 10.2. The summed E-state index contributed by atoms with van der Waals surface area (Å²) in [5.41, 5.74) is -0.0816. The highest BCUT2D eigenvalue weighted by atomic mass is 16.3. The number of piperazine rings is 1. The normalized spacial score (nSPS) is 25.3. The van der Waals surface area contributed by atoms with Gasteiger partial charge in [0, 0.05) is 39.1 Å². The smallest absolute Gasteiger partial charge is 0.223 e. The van der Waals surface area contributed by atoms with Crippen LogP contribution in [-0.2, 0) is 4.79 Å². The van der Waals surface area contributed by atoms with Crippen molar-refractivity contribution in [3.05, 3.63) is 12.2 Å². The van der Waals surface area contributed by atoms with Gasteiger partial charge in [-0.1, -0.05) is 32.9 Å². The van der Waals surface area contributed by atoms with Gasteiger partial charge in [-0.25, -0.2) is 0 Å². The molecule has 0 unspecified atom stereocenters. The van der Waals surface area contributed by atoms with Gasteiger partial charge in [-0.15, -0.1) is 0 Å². The number of carbonyl (C=O) groups is 1. The summed E-state index contributed by atoms with van der Waals surface area (Å²) in [5.74, 6) is 0.751. The number of β-amino-alcohol motifs (C(OH)–C–C–N with tert-alkyl or cyclic N) is 1. The molecule has 1 amide bonds. The molecule has 1 aliphatic carbocycles. The van der Waals surface area contributed by atoms with Crippen molar-refractivity contribution in [2.24, 2.45) is 11.3 Å². The Hall–Kier alpha value is -0.870. The standard InChI is InChI=1S/C17H30N2O2/c1-17(2,3)15(20)13-18-8-10-19(11-9-18)16(21)12-14-6-4-5-7-14/h4,6,14-15,20H,5,7-13H2,1-3H3/t14-,15-/m0/s1. The molecule has 0 aromatic rings. The lowest BCUT2D eigenvalue weighted by molar-refractivity contribution is -0.133. The molecule has 4 heteroatoms. The third-order valence-electron chi connectivity index (χ3n) is 4.70. The highest BCUT2D eigenvalue weighted by molar-refractivity contribution is 5.76. The summed E-state index contributed by atoms with van der Waals surface area (Å²) in [6.07, 6.45) is 6.97. The second-order valence-corrected chi connectivity index (χ2v) is 7.53. The van der Waals surface area contributed by atoms with E-state index in [9.17, 15) is 9.90 Å². The van der Waals surface area contributed by atoms with Crippen molar-refractivity contribution in [2.45, 2.75) is 46.1 Å². The molecule has 0 bridgehead atoms. The second-order valence-electron chi connectivity index (χ2n) is 7.53. The molecular formula is C17H30N2O2. The van der Waals surface area contributed by atoms with Crippen LogP contribution in [0.2, 0.25) is 0 Å². The molecule has 1 N–H and O–H groups in total. The number of aliphatic hydroxyl groups is 1. The van der Waals surface area contributed by atoms with Crippen LogP contribution in [0.1, 0.15) is 40.0 Å². The molecule has 1 saturated heterocycles. The van der Waals surface area contributed by atoms with Crippen molar-refractivity contribution in [2.75, 3.05) is 32.7 Å². The van der Waals surface area contributed by atoms with Gasteiger partial charge in [0.2, 0.25) is 5.91 Å². The third kappa shape index (κ3) is 4.82. The van der Waals surface area contributed by atoms with Crippen LogP contribution in [0.25, 0.3) is 0 Å². The lowest BCUT2D eigenvalue weighted by atomic mass is 9.89. The molecule has 1 aliphatic heterocycles. The molecule has 21 heavy (non-hydrogen) atoms. The monoisotopic (exact) mass is 294 g/mol. The van der Waals surface area contributed by atoms with Crippen LogP contribution >= 0.6 is 0 Å². The first-order chi connectivity index (χ1) is 9.86. The van der Waals surface area contributed by atoms with E-state index in [-0.39, 0.29) is 11.5 Å². The van der Waals surface area contributed by atoms with Crippen LogP contribution < -0.4 is 0 Å². The minimum atomic E-state index is -0.316. The van der Waals surface area contributed by atoms with Gasteiger partial charge in [0.1, 0.15) is 0 Å². The highest BCUT2D eigenvalue weighted by Crippen LogP contribution is 2.22. The number of carbonyl (C=O) groups excluding carboxylic acids is 1. The fraction of sp³-hybridized carbons (Fsp3) is 0.824. The number of aliphatic hydroxyl groups excluding tert-OH is 1. The van der Waals surface area contributed by atoms with Crippen molar-refractivity contribution < 1.29 is 9.90 Å². The van der Waals surface area contributed by atoms with Gasteiger partial charge in [-0.05, 0) is 24.2 Å². The number of hydrogen-bond donors (Lipinski definition) is 1. The number of hydrogen-bond acceptors (Lipinski definition) is 3. The number of nitrogens with zero attached hydrogens (tertiary/aromatic N) is 2. The van der Waals surface area contributed by atoms with E-state index in [0.717, 1.165) is 39.0 Å². The number of rotatable bonds is 4. The Morgan fingerprint density at radius 1 is 1.29 bits per heavy atom. The molecule has 0 aromatic carbocycles. The molecule has 4 nitrogen and oxygen atoms in total. The summed E-state index contributed by atoms with van der Waals surface area (Å²) in [6, 6.07) is 0. The van der Waals surface area contributed by atoms with Gasteiger partial charge < -0.3 is 10.0 Å². The molecule has 1 heterocycles. The average Bonchev–Trinajstić information content (AvgIpc) is 2.91. The zero-order valence-electron chi connectivity index (χ0n) is 13.7. The van der Waals surface area contributed by atoms with E-state index >= 15 is 0 Å². The summed E-state index contributed by atoms with van der Waals surface area (Å²) < 4.78 is 0. The van der Waals surface area contributed by atoms with Crippen LogP contribution in [0.15, 0.2) is 12.2 Å². The van der Waals surface area contributed by atoms with Gasteiger partial charge in [0.05, 0.1) is 6.10 Å². The molecular weight excluding hydrogens is 264 g/mol. The van der Waals surface area contributed by atoms with E-state index < -0.39 is 0 Å². The second kappa shape index (κ2) is 6.93. The predicted molar refractivity (Wildman–Crippen MR) is 85.0 cm³/mol. The lowest BCUT2D eigenvalue weighted by Crippen LogP contribution is -2.51. The van der Waals surface area contributed by atoms with Crippen molar-refractivity contribution in [1.29, 1.82) is 0 Å². The summed E-state index contributed by atoms with van der Waals surface area (Å²) in [5, 5.41) is 10.2. The summed E-state index contributed by atoms with van der Waals surface area (Å²) in [7, 11) is 0. The number of amides is 1. The Kier molecular flexibility index (Phi) is 5.44. The fourth-order valence-electron chi connectivity index (χ4n) is 2.92. The van der Waals surface area contributed by atoms with Gasteiger partial charge in [-0.3, -0.25) is 9.69 Å². The van der Waals surface area contributed by atoms with E-state index in [2.05, 4.69) is 37.8 Å². The van der Waals surface area contributed by atoms with Crippen molar-refractivity contribution in [3.8, 4) is 0 Å². The Morgan fingerprint density at radius 3 is 2.48 bits per heavy atom. The van der Waals surface area contributed by atoms with Gasteiger partial charge in [-0.2, -0.15) is 0 Å². The molecule has 2 atom stereocenters. The van der Waals surface area contributed by atoms with Crippen molar-refractivity contribution in [1.82, 2.24) is 9.80 Å². The van der Waals surface area contributed by atoms with Gasteiger partial charge in [0.15, 0.2) is 0 Å². The molecule has 0 radical (unpaired) electrons. The van der Waals surface area contributed by atoms with Crippen LogP contribution in [0.5, 0.6) is 0 Å². The van der Waals surface area contributed by atoms with E-state index in [0.29, 0.717) is 24.8 Å². The molecule has 0 spiro atoms. The Bertz CT molecular complexity index is 379. The van der Waals surface area contributed by atoms with Crippen LogP contribution in [0.4, 0.5) is 0 Å². The highest BCUT2D eigenvalue weighted by Gasteiger charge is 2.28. The maximum Gasteiger partial charge on any atom is 0.223 e. The van der Waals surface area contributed by atoms with Crippen molar-refractivity contribution in [3.63, 3.8) is 0 Å². The van der Waals surface area contributed by atoms with Crippen LogP contribution in [0, 0.1) is 11.3 Å². The lowest BCUT2D eigenvalue weighted by Gasteiger charge is -2.38. The molecule has 0 aromatic heterocycles. The zero-order chi connectivity index (χ0) is 15.5. The summed E-state index contributed by atoms with van der Waals surface area (Å²) >= 11 is 0. The fourth-order valence-corrected chi connectivity index (χ4v) is 2.92. The minimum absolute atomic E-state index is 0.0816. The maximum absolute atomic E-state index is 12.3. The molecule has 2 rings (SSSR count). The number of allylic oxidation sites excluding steroid dienone is 2. The molecule has 120 valence electrons. The molecule has 2 aliphatic rings. The molecule has 0 saturated carbocycles. The Balaban J connectivity index is 1.72. The van der Waals surface area contributed by atoms with Gasteiger partial charge in [0.25, 0.3) is 0 Å². The van der Waals surface area contributed by atoms with Gasteiger partial charge >= 0.3 is 0 Å². The first-order valence-corrected chi connectivity index (χ1v) is 8.21. The predicted octanol–water partition coefficient (Wildman–Crippen LogP) is 1.89. The summed E-state index contributed by atoms with van der Waals surface area (Å²) in [4.78, 5) is 16.5. The average molecular weight is 294 g/mol. The Morgan fingerprint density at radius 2 is 1.95 bits per heavy atom. The van der Waals surface area contributed by atoms with Crippen LogP contribution in [0.3, 0.4) is 0 Å². The van der Waals surface area contributed by atoms with E-state index in [4.69, 9.17) is 0 Å². The van der Waals surface area contributed by atoms with Crippen molar-refractivity contribution >= 4 is 5.91 Å². The Labute approximate surface area is 128 Å². The first kappa shape index (κ1) is 16.5. The molecule has 1 fully saturated rings. The van der Waals surface area contributed by atoms with Crippen LogP contribution in [-0.4, -0.2) is 59.6 Å². The third-order valence-corrected chi connectivity index (χ3v) is 4.70. The quantitative estimate of drug-likeness (QED) is 0.805. The zero-order valence-corrected chi connectivity index (χ0v) is 13.7. The topological polar surface area (TPSA) is 43.8 Å². The van der Waals surface area contributed by atoms with E-state index in [1.807, 2.05) is 4.90 Å². The SMILES string of the molecule is CC(C)(C)[C@@H](O)CN1CCN(C(=O)C[C@H]2C=CCC2)CC1.